The zero-order chi connectivity index (χ0) is 14.2. The predicted molar refractivity (Wildman–Crippen MR) is 77.9 cm³/mol. The quantitative estimate of drug-likeness (QED) is 0.860. The molecule has 9 heteroatoms. The Morgan fingerprint density at radius 2 is 2.33 bits per heavy atom. The lowest BCUT2D eigenvalue weighted by molar-refractivity contribution is 0.257. The fraction of sp³-hybridized carbons (Fsp3) is 0.667. The first-order chi connectivity index (χ1) is 10.3. The van der Waals surface area contributed by atoms with Gasteiger partial charge in [-0.2, -0.15) is 16.7 Å². The third-order valence-corrected chi connectivity index (χ3v) is 5.02. The summed E-state index contributed by atoms with van der Waals surface area (Å²) < 4.78 is 7.23. The number of nitrogens with one attached hydrogen (secondary N) is 1. The normalized spacial score (nSPS) is 24.1. The minimum absolute atomic E-state index is 0.215. The van der Waals surface area contributed by atoms with Gasteiger partial charge in [0.05, 0.1) is 18.3 Å². The van der Waals surface area contributed by atoms with Crippen LogP contribution in [0.1, 0.15) is 17.9 Å². The van der Waals surface area contributed by atoms with Crippen molar-refractivity contribution in [2.75, 3.05) is 38.2 Å². The van der Waals surface area contributed by atoms with E-state index < -0.39 is 0 Å². The molecule has 2 aliphatic rings. The predicted octanol–water partition coefficient (Wildman–Crippen LogP) is 0.192. The average Bonchev–Trinajstić information content (AvgIpc) is 3.06. The van der Waals surface area contributed by atoms with Gasteiger partial charge in [-0.1, -0.05) is 10.4 Å². The summed E-state index contributed by atoms with van der Waals surface area (Å²) in [4.78, 5) is 6.77. The Morgan fingerprint density at radius 1 is 1.43 bits per heavy atom. The highest BCUT2D eigenvalue weighted by atomic mass is 32.2. The highest BCUT2D eigenvalue weighted by Crippen LogP contribution is 2.27. The van der Waals surface area contributed by atoms with Gasteiger partial charge in [-0.25, -0.2) is 4.68 Å². The van der Waals surface area contributed by atoms with Crippen LogP contribution < -0.4 is 5.32 Å². The van der Waals surface area contributed by atoms with Crippen molar-refractivity contribution in [2.24, 2.45) is 0 Å². The van der Waals surface area contributed by atoms with E-state index >= 15 is 0 Å². The van der Waals surface area contributed by atoms with Crippen LogP contribution in [0.5, 0.6) is 0 Å². The number of aromatic nitrogens is 5. The number of thioether (sulfide) groups is 1. The number of rotatable bonds is 3. The van der Waals surface area contributed by atoms with Gasteiger partial charge < -0.3 is 9.84 Å². The zero-order valence-electron chi connectivity index (χ0n) is 11.8. The van der Waals surface area contributed by atoms with E-state index in [1.165, 1.54) is 0 Å². The van der Waals surface area contributed by atoms with Crippen LogP contribution in [0.15, 0.2) is 10.7 Å². The number of hydrogen-bond acceptors (Lipinski definition) is 8. The van der Waals surface area contributed by atoms with Crippen LogP contribution in [0.25, 0.3) is 11.6 Å². The van der Waals surface area contributed by atoms with Crippen molar-refractivity contribution in [3.63, 3.8) is 0 Å². The molecule has 0 bridgehead atoms. The summed E-state index contributed by atoms with van der Waals surface area (Å²) in [6.45, 7) is 2.91. The molecule has 2 fully saturated rings. The summed E-state index contributed by atoms with van der Waals surface area (Å²) in [6, 6.07) is 0.599. The first-order valence-electron chi connectivity index (χ1n) is 7.06. The Bertz CT molecular complexity index is 623. The van der Waals surface area contributed by atoms with Gasteiger partial charge >= 0.3 is 0 Å². The van der Waals surface area contributed by atoms with Crippen molar-refractivity contribution in [1.82, 2.24) is 35.4 Å². The Kier molecular flexibility index (Phi) is 3.40. The standard InChI is InChI=1S/C12H17N7OS/c1-18-2-3-21-7-10(18)11-14-12(20-16-11)9-6-19(17-15-9)8-4-13-5-8/h6,8,10,13H,2-5,7H2,1H3. The highest BCUT2D eigenvalue weighted by molar-refractivity contribution is 7.99. The largest absolute Gasteiger partial charge is 0.332 e. The molecule has 0 aliphatic carbocycles. The van der Waals surface area contributed by atoms with E-state index in [0.29, 0.717) is 17.6 Å². The molecule has 2 aliphatic heterocycles. The molecule has 0 radical (unpaired) electrons. The Balaban J connectivity index is 1.54. The van der Waals surface area contributed by atoms with Gasteiger partial charge in [-0.05, 0) is 7.05 Å². The molecule has 1 atom stereocenters. The van der Waals surface area contributed by atoms with E-state index in [2.05, 4.69) is 37.7 Å². The minimum Gasteiger partial charge on any atom is -0.332 e. The van der Waals surface area contributed by atoms with Crippen molar-refractivity contribution in [3.05, 3.63) is 12.0 Å². The smallest absolute Gasteiger partial charge is 0.280 e. The van der Waals surface area contributed by atoms with Gasteiger partial charge in [0.25, 0.3) is 5.89 Å². The Labute approximate surface area is 126 Å². The summed E-state index contributed by atoms with van der Waals surface area (Å²) in [5, 5.41) is 15.6. The van der Waals surface area contributed by atoms with Crippen LogP contribution in [0.4, 0.5) is 0 Å². The van der Waals surface area contributed by atoms with Gasteiger partial charge in [0.1, 0.15) is 0 Å². The topological polar surface area (TPSA) is 84.9 Å². The summed E-state index contributed by atoms with van der Waals surface area (Å²) in [5.41, 5.74) is 0.645. The lowest BCUT2D eigenvalue weighted by Gasteiger charge is -2.29. The number of nitrogens with zero attached hydrogens (tertiary/aromatic N) is 6. The lowest BCUT2D eigenvalue weighted by atomic mass is 10.2. The van der Waals surface area contributed by atoms with Gasteiger partial charge in [0.2, 0.25) is 0 Å². The molecular weight excluding hydrogens is 290 g/mol. The van der Waals surface area contributed by atoms with Gasteiger partial charge in [0, 0.05) is 31.1 Å². The molecule has 2 aromatic rings. The maximum absolute atomic E-state index is 5.37. The maximum Gasteiger partial charge on any atom is 0.280 e. The molecule has 4 heterocycles. The lowest BCUT2D eigenvalue weighted by Crippen LogP contribution is -2.43. The molecular formula is C12H17N7OS. The minimum atomic E-state index is 0.215. The Morgan fingerprint density at radius 3 is 3.10 bits per heavy atom. The molecule has 112 valence electrons. The summed E-state index contributed by atoms with van der Waals surface area (Å²) in [5.74, 6) is 3.34. The molecule has 21 heavy (non-hydrogen) atoms. The van der Waals surface area contributed by atoms with Crippen molar-refractivity contribution in [3.8, 4) is 11.6 Å². The first-order valence-corrected chi connectivity index (χ1v) is 8.21. The van der Waals surface area contributed by atoms with Crippen molar-refractivity contribution >= 4 is 11.8 Å². The molecule has 2 aromatic heterocycles. The second-order valence-electron chi connectivity index (χ2n) is 5.42. The van der Waals surface area contributed by atoms with Crippen LogP contribution in [0.2, 0.25) is 0 Å². The monoisotopic (exact) mass is 307 g/mol. The molecule has 0 spiro atoms. The molecule has 1 N–H and O–H groups in total. The first kappa shape index (κ1) is 13.2. The summed E-state index contributed by atoms with van der Waals surface area (Å²) in [7, 11) is 2.10. The third-order valence-electron chi connectivity index (χ3n) is 4.00. The van der Waals surface area contributed by atoms with Crippen LogP contribution in [-0.4, -0.2) is 68.2 Å². The zero-order valence-corrected chi connectivity index (χ0v) is 12.6. The van der Waals surface area contributed by atoms with Crippen molar-refractivity contribution < 1.29 is 4.52 Å². The van der Waals surface area contributed by atoms with E-state index in [1.54, 1.807) is 0 Å². The summed E-state index contributed by atoms with van der Waals surface area (Å²) in [6.07, 6.45) is 1.88. The summed E-state index contributed by atoms with van der Waals surface area (Å²) >= 11 is 1.92. The van der Waals surface area contributed by atoms with E-state index in [4.69, 9.17) is 4.52 Å². The Hall–Kier alpha value is -1.45. The van der Waals surface area contributed by atoms with E-state index in [1.807, 2.05) is 22.6 Å². The second kappa shape index (κ2) is 5.39. The molecule has 0 amide bonds. The molecule has 1 unspecified atom stereocenters. The van der Waals surface area contributed by atoms with Gasteiger partial charge in [-0.15, -0.1) is 5.10 Å². The van der Waals surface area contributed by atoms with E-state index in [9.17, 15) is 0 Å². The SMILES string of the molecule is CN1CCSCC1c1noc(-c2cn(C3CNC3)nn2)n1. The number of hydrogen-bond donors (Lipinski definition) is 1. The third kappa shape index (κ3) is 2.45. The van der Waals surface area contributed by atoms with Crippen LogP contribution in [-0.2, 0) is 0 Å². The fourth-order valence-electron chi connectivity index (χ4n) is 2.45. The van der Waals surface area contributed by atoms with E-state index in [0.717, 1.165) is 37.0 Å². The maximum atomic E-state index is 5.37. The molecule has 8 nitrogen and oxygen atoms in total. The fourth-order valence-corrected chi connectivity index (χ4v) is 3.66. The van der Waals surface area contributed by atoms with Crippen LogP contribution in [0.3, 0.4) is 0 Å². The second-order valence-corrected chi connectivity index (χ2v) is 6.57. The average molecular weight is 307 g/mol. The molecule has 2 saturated heterocycles. The van der Waals surface area contributed by atoms with E-state index in [-0.39, 0.29) is 6.04 Å². The van der Waals surface area contributed by atoms with Crippen LogP contribution >= 0.6 is 11.8 Å². The highest BCUT2D eigenvalue weighted by Gasteiger charge is 2.27. The molecule has 4 rings (SSSR count). The van der Waals surface area contributed by atoms with Crippen molar-refractivity contribution in [1.29, 1.82) is 0 Å². The van der Waals surface area contributed by atoms with Gasteiger partial charge in [0.15, 0.2) is 11.5 Å². The molecule has 0 aromatic carbocycles. The van der Waals surface area contributed by atoms with Crippen LogP contribution in [0, 0.1) is 0 Å². The molecule has 0 saturated carbocycles. The van der Waals surface area contributed by atoms with Crippen molar-refractivity contribution in [2.45, 2.75) is 12.1 Å². The van der Waals surface area contributed by atoms with Gasteiger partial charge in [-0.3, -0.25) is 4.90 Å².